The summed E-state index contributed by atoms with van der Waals surface area (Å²) in [6.07, 6.45) is -1.15. The predicted molar refractivity (Wildman–Crippen MR) is 141 cm³/mol. The van der Waals surface area contributed by atoms with Gasteiger partial charge in [0.25, 0.3) is 5.91 Å². The highest BCUT2D eigenvalue weighted by molar-refractivity contribution is 6.31. The first-order chi connectivity index (χ1) is 17.0. The smallest absolute Gasteiger partial charge is 0.340 e. The van der Waals surface area contributed by atoms with Gasteiger partial charge in [-0.1, -0.05) is 96.5 Å². The van der Waals surface area contributed by atoms with Gasteiger partial charge in [0.1, 0.15) is 0 Å². The van der Waals surface area contributed by atoms with Crippen molar-refractivity contribution in [2.45, 2.75) is 13.0 Å². The topological polar surface area (TPSA) is 55.4 Å². The normalized spacial score (nSPS) is 11.8. The van der Waals surface area contributed by atoms with Crippen LogP contribution in [0.5, 0.6) is 0 Å². The van der Waals surface area contributed by atoms with Gasteiger partial charge in [0.05, 0.1) is 5.56 Å². The van der Waals surface area contributed by atoms with Crippen LogP contribution in [0.3, 0.4) is 0 Å². The van der Waals surface area contributed by atoms with Crippen LogP contribution in [0.15, 0.2) is 103 Å². The summed E-state index contributed by atoms with van der Waals surface area (Å²) in [4.78, 5) is 27.1. The van der Waals surface area contributed by atoms with Crippen LogP contribution in [0.2, 0.25) is 5.02 Å². The molecular weight excluding hydrogens is 458 g/mol. The summed E-state index contributed by atoms with van der Waals surface area (Å²) in [5, 5.41) is 6.77. The van der Waals surface area contributed by atoms with Gasteiger partial charge in [0.2, 0.25) is 6.10 Å². The third-order valence-electron chi connectivity index (χ3n) is 5.98. The van der Waals surface area contributed by atoms with E-state index in [1.807, 2.05) is 73.7 Å². The maximum atomic E-state index is 13.7. The number of esters is 1. The molecule has 5 aromatic rings. The maximum Gasteiger partial charge on any atom is 0.340 e. The second-order valence-corrected chi connectivity index (χ2v) is 8.75. The number of benzene rings is 5. The second-order valence-electron chi connectivity index (χ2n) is 8.34. The van der Waals surface area contributed by atoms with Crippen LogP contribution in [-0.4, -0.2) is 11.9 Å². The Morgan fingerprint density at radius 1 is 0.771 bits per heavy atom. The average Bonchev–Trinajstić information content (AvgIpc) is 2.88. The molecule has 5 aromatic carbocycles. The molecule has 0 aliphatic heterocycles. The molecule has 0 heterocycles. The summed E-state index contributed by atoms with van der Waals surface area (Å²) >= 11 is 6.23. The molecule has 0 fully saturated rings. The highest BCUT2D eigenvalue weighted by Crippen LogP contribution is 2.31. The Hall–Kier alpha value is -4.15. The van der Waals surface area contributed by atoms with Gasteiger partial charge in [-0.2, -0.15) is 0 Å². The summed E-state index contributed by atoms with van der Waals surface area (Å²) in [6.45, 7) is 1.89. The third-order valence-corrected chi connectivity index (χ3v) is 6.39. The molecule has 35 heavy (non-hydrogen) atoms. The maximum absolute atomic E-state index is 13.7. The fourth-order valence-corrected chi connectivity index (χ4v) is 4.36. The average molecular weight is 480 g/mol. The van der Waals surface area contributed by atoms with Gasteiger partial charge < -0.3 is 10.1 Å². The van der Waals surface area contributed by atoms with Gasteiger partial charge in [0, 0.05) is 16.3 Å². The first kappa shape index (κ1) is 22.6. The van der Waals surface area contributed by atoms with E-state index in [0.717, 1.165) is 27.1 Å². The zero-order chi connectivity index (χ0) is 24.4. The zero-order valence-electron chi connectivity index (χ0n) is 19.0. The van der Waals surface area contributed by atoms with Crippen molar-refractivity contribution in [1.29, 1.82) is 0 Å². The van der Waals surface area contributed by atoms with Gasteiger partial charge in [-0.25, -0.2) is 4.79 Å². The number of anilines is 1. The lowest BCUT2D eigenvalue weighted by Crippen LogP contribution is -2.26. The molecule has 5 rings (SSSR count). The Morgan fingerprint density at radius 3 is 2.00 bits per heavy atom. The van der Waals surface area contributed by atoms with Crippen molar-refractivity contribution in [2.75, 3.05) is 5.32 Å². The van der Waals surface area contributed by atoms with Crippen LogP contribution < -0.4 is 5.32 Å². The van der Waals surface area contributed by atoms with Crippen LogP contribution in [-0.2, 0) is 9.53 Å². The lowest BCUT2D eigenvalue weighted by atomic mass is 9.97. The summed E-state index contributed by atoms with van der Waals surface area (Å²) in [5.74, 6) is -1.03. The molecule has 0 unspecified atom stereocenters. The fourth-order valence-electron chi connectivity index (χ4n) is 4.18. The molecule has 0 saturated heterocycles. The van der Waals surface area contributed by atoms with Crippen molar-refractivity contribution in [3.05, 3.63) is 125 Å². The minimum Gasteiger partial charge on any atom is -0.444 e. The van der Waals surface area contributed by atoms with Gasteiger partial charge in [0.15, 0.2) is 0 Å². The van der Waals surface area contributed by atoms with E-state index in [1.54, 1.807) is 36.4 Å². The van der Waals surface area contributed by atoms with Crippen molar-refractivity contribution >= 4 is 50.7 Å². The molecule has 1 N–H and O–H groups in total. The molecule has 1 atom stereocenters. The van der Waals surface area contributed by atoms with Crippen molar-refractivity contribution in [2.24, 2.45) is 0 Å². The quantitative estimate of drug-likeness (QED) is 0.210. The van der Waals surface area contributed by atoms with Crippen LogP contribution >= 0.6 is 11.6 Å². The van der Waals surface area contributed by atoms with E-state index >= 15 is 0 Å². The molecule has 0 spiro atoms. The number of fused-ring (bicyclic) bond motifs is 2. The summed E-state index contributed by atoms with van der Waals surface area (Å²) in [6, 6.07) is 31.6. The van der Waals surface area contributed by atoms with Gasteiger partial charge in [-0.05, 0) is 52.2 Å². The van der Waals surface area contributed by atoms with E-state index in [9.17, 15) is 9.59 Å². The van der Waals surface area contributed by atoms with Crippen molar-refractivity contribution in [3.8, 4) is 0 Å². The number of ether oxygens (including phenoxy) is 1. The number of rotatable bonds is 5. The van der Waals surface area contributed by atoms with Crippen LogP contribution in [0.25, 0.3) is 21.5 Å². The van der Waals surface area contributed by atoms with E-state index in [4.69, 9.17) is 16.3 Å². The number of aryl methyl sites for hydroxylation is 1. The molecule has 5 heteroatoms. The molecule has 0 aliphatic rings. The molecule has 0 aliphatic carbocycles. The Morgan fingerprint density at radius 2 is 1.37 bits per heavy atom. The van der Waals surface area contributed by atoms with Crippen LogP contribution in [0.4, 0.5) is 5.69 Å². The Labute approximate surface area is 208 Å². The molecular formula is C30H22ClNO3. The Balaban J connectivity index is 1.55. The zero-order valence-corrected chi connectivity index (χ0v) is 19.8. The monoisotopic (exact) mass is 479 g/mol. The molecule has 172 valence electrons. The van der Waals surface area contributed by atoms with E-state index in [2.05, 4.69) is 5.32 Å². The van der Waals surface area contributed by atoms with E-state index < -0.39 is 18.0 Å². The second kappa shape index (κ2) is 9.61. The first-order valence-electron chi connectivity index (χ1n) is 11.2. The number of hydrogen-bond donors (Lipinski definition) is 1. The fraction of sp³-hybridized carbons (Fsp3) is 0.0667. The largest absolute Gasteiger partial charge is 0.444 e. The molecule has 0 aromatic heterocycles. The number of halogens is 1. The number of amides is 1. The standard InChI is InChI=1S/C30H22ClNO3/c1-19-15-16-23(18-26(19)31)32-29(33)28(20-9-3-2-4-10-20)35-30(34)27-24-13-7-5-11-21(24)17-22-12-6-8-14-25(22)27/h2-18,28H,1H3,(H,32,33)/t28-/m1/s1. The summed E-state index contributed by atoms with van der Waals surface area (Å²) in [5.41, 5.74) is 2.43. The van der Waals surface area contributed by atoms with Gasteiger partial charge in [-0.15, -0.1) is 0 Å². The number of nitrogens with one attached hydrogen (secondary N) is 1. The van der Waals surface area contributed by atoms with Crippen LogP contribution in [0.1, 0.15) is 27.6 Å². The highest BCUT2D eigenvalue weighted by Gasteiger charge is 2.27. The molecule has 0 saturated carbocycles. The van der Waals surface area contributed by atoms with E-state index in [-0.39, 0.29) is 0 Å². The molecule has 0 radical (unpaired) electrons. The third kappa shape index (κ3) is 4.61. The van der Waals surface area contributed by atoms with Crippen molar-refractivity contribution in [1.82, 2.24) is 0 Å². The van der Waals surface area contributed by atoms with Gasteiger partial charge >= 0.3 is 5.97 Å². The number of hydrogen-bond acceptors (Lipinski definition) is 3. The van der Waals surface area contributed by atoms with Crippen molar-refractivity contribution < 1.29 is 14.3 Å². The predicted octanol–water partition coefficient (Wildman–Crippen LogP) is 7.49. The summed E-state index contributed by atoms with van der Waals surface area (Å²) in [7, 11) is 0. The van der Waals surface area contributed by atoms with E-state index in [1.165, 1.54) is 0 Å². The van der Waals surface area contributed by atoms with Gasteiger partial charge in [-0.3, -0.25) is 4.79 Å². The first-order valence-corrected chi connectivity index (χ1v) is 11.6. The molecule has 1 amide bonds. The van der Waals surface area contributed by atoms with Crippen molar-refractivity contribution in [3.63, 3.8) is 0 Å². The Kier molecular flexibility index (Phi) is 6.21. The minimum atomic E-state index is -1.15. The van der Waals surface area contributed by atoms with E-state index in [0.29, 0.717) is 21.8 Å². The summed E-state index contributed by atoms with van der Waals surface area (Å²) < 4.78 is 5.94. The number of carbonyl (C=O) groups excluding carboxylic acids is 2. The molecule has 0 bridgehead atoms. The SMILES string of the molecule is Cc1ccc(NC(=O)[C@H](OC(=O)c2c3ccccc3cc3ccccc23)c2ccccc2)cc1Cl. The lowest BCUT2D eigenvalue weighted by Gasteiger charge is -2.20. The van der Waals surface area contributed by atoms with Crippen LogP contribution in [0, 0.1) is 6.92 Å². The number of carbonyl (C=O) groups is 2. The molecule has 4 nitrogen and oxygen atoms in total. The highest BCUT2D eigenvalue weighted by atomic mass is 35.5. The Bertz CT molecular complexity index is 1510. The minimum absolute atomic E-state index is 0.436. The lowest BCUT2D eigenvalue weighted by molar-refractivity contribution is -0.125.